The minimum atomic E-state index is -0.170. The predicted octanol–water partition coefficient (Wildman–Crippen LogP) is 1.94. The van der Waals surface area contributed by atoms with Crippen LogP contribution in [-0.4, -0.2) is 65.1 Å². The lowest BCUT2D eigenvalue weighted by molar-refractivity contribution is 0.0902. The molecule has 27 heavy (non-hydrogen) atoms. The maximum absolute atomic E-state index is 11.8. The molecule has 3 aromatic heterocycles. The molecule has 1 amide bonds. The van der Waals surface area contributed by atoms with Crippen LogP contribution in [0.25, 0.3) is 11.4 Å². The molecule has 1 saturated heterocycles. The number of carbonyl (C=O) groups is 1. The Kier molecular flexibility index (Phi) is 5.61. The van der Waals surface area contributed by atoms with Crippen molar-refractivity contribution in [2.24, 2.45) is 0 Å². The van der Waals surface area contributed by atoms with Gasteiger partial charge >= 0.3 is 0 Å². The number of hydrogen-bond donors (Lipinski definition) is 1. The van der Waals surface area contributed by atoms with Gasteiger partial charge in [-0.25, -0.2) is 0 Å². The van der Waals surface area contributed by atoms with Crippen LogP contribution in [0.5, 0.6) is 0 Å². The summed E-state index contributed by atoms with van der Waals surface area (Å²) in [6, 6.07) is 5.36. The Morgan fingerprint density at radius 2 is 2.07 bits per heavy atom. The molecule has 9 heteroatoms. The zero-order valence-corrected chi connectivity index (χ0v) is 15.7. The molecule has 0 aromatic carbocycles. The van der Waals surface area contributed by atoms with Crippen LogP contribution in [0.3, 0.4) is 0 Å². The number of amides is 1. The van der Waals surface area contributed by atoms with Crippen molar-refractivity contribution in [3.63, 3.8) is 0 Å². The maximum Gasteiger partial charge on any atom is 0.287 e. The average Bonchev–Trinajstić information content (AvgIpc) is 3.45. The van der Waals surface area contributed by atoms with Crippen LogP contribution in [-0.2, 0) is 6.54 Å². The molecule has 1 fully saturated rings. The topological polar surface area (TPSA) is 87.6 Å². The van der Waals surface area contributed by atoms with E-state index in [1.165, 1.54) is 6.26 Å². The van der Waals surface area contributed by atoms with Gasteiger partial charge in [0.15, 0.2) is 5.76 Å². The smallest absolute Gasteiger partial charge is 0.287 e. The Balaban J connectivity index is 1.17. The first-order valence-corrected chi connectivity index (χ1v) is 9.84. The van der Waals surface area contributed by atoms with Gasteiger partial charge in [-0.15, -0.1) is 0 Å². The molecule has 0 aliphatic carbocycles. The van der Waals surface area contributed by atoms with Gasteiger partial charge in [0.25, 0.3) is 5.91 Å². The van der Waals surface area contributed by atoms with Crippen LogP contribution in [0, 0.1) is 0 Å². The SMILES string of the molecule is O=C(NCCN1CCN(Cc2nc(-c3ccsc3)no2)CC1)c1ccco1. The number of thiophene rings is 1. The number of nitrogens with one attached hydrogen (secondary N) is 1. The highest BCUT2D eigenvalue weighted by atomic mass is 32.1. The molecule has 1 aliphatic heterocycles. The summed E-state index contributed by atoms with van der Waals surface area (Å²) in [5.74, 6) is 1.48. The van der Waals surface area contributed by atoms with Crippen molar-refractivity contribution in [2.45, 2.75) is 6.54 Å². The van der Waals surface area contributed by atoms with E-state index in [2.05, 4.69) is 25.3 Å². The Morgan fingerprint density at radius 3 is 2.81 bits per heavy atom. The lowest BCUT2D eigenvalue weighted by atomic mass is 10.3. The van der Waals surface area contributed by atoms with E-state index in [0.29, 0.717) is 30.6 Å². The van der Waals surface area contributed by atoms with E-state index >= 15 is 0 Å². The summed E-state index contributed by atoms with van der Waals surface area (Å²) in [6.07, 6.45) is 1.50. The second-order valence-corrected chi connectivity index (χ2v) is 7.15. The van der Waals surface area contributed by atoms with E-state index in [4.69, 9.17) is 8.94 Å². The molecule has 0 saturated carbocycles. The Bertz CT molecular complexity index is 838. The highest BCUT2D eigenvalue weighted by Crippen LogP contribution is 2.19. The van der Waals surface area contributed by atoms with E-state index in [0.717, 1.165) is 38.3 Å². The number of furan rings is 1. The van der Waals surface area contributed by atoms with Gasteiger partial charge in [0.05, 0.1) is 12.8 Å². The van der Waals surface area contributed by atoms with Gasteiger partial charge in [0, 0.05) is 50.2 Å². The first-order chi connectivity index (χ1) is 13.3. The van der Waals surface area contributed by atoms with Gasteiger partial charge in [-0.2, -0.15) is 16.3 Å². The summed E-state index contributed by atoms with van der Waals surface area (Å²) >= 11 is 1.62. The largest absolute Gasteiger partial charge is 0.459 e. The third-order valence-electron chi connectivity index (χ3n) is 4.53. The molecule has 1 N–H and O–H groups in total. The molecule has 8 nitrogen and oxygen atoms in total. The third kappa shape index (κ3) is 4.62. The summed E-state index contributed by atoms with van der Waals surface area (Å²) in [5, 5.41) is 10.9. The summed E-state index contributed by atoms with van der Waals surface area (Å²) in [6.45, 7) is 5.85. The van der Waals surface area contributed by atoms with Crippen LogP contribution in [0.1, 0.15) is 16.4 Å². The van der Waals surface area contributed by atoms with Crippen LogP contribution in [0.15, 0.2) is 44.2 Å². The fraction of sp³-hybridized carbons (Fsp3) is 0.389. The zero-order valence-electron chi connectivity index (χ0n) is 14.8. The number of nitrogens with zero attached hydrogens (tertiary/aromatic N) is 4. The highest BCUT2D eigenvalue weighted by Gasteiger charge is 2.19. The third-order valence-corrected chi connectivity index (χ3v) is 5.21. The first-order valence-electron chi connectivity index (χ1n) is 8.89. The molecule has 0 unspecified atom stereocenters. The van der Waals surface area contributed by atoms with Crippen molar-refractivity contribution in [1.29, 1.82) is 0 Å². The monoisotopic (exact) mass is 387 g/mol. The molecule has 142 valence electrons. The number of hydrogen-bond acceptors (Lipinski definition) is 8. The van der Waals surface area contributed by atoms with Crippen molar-refractivity contribution < 1.29 is 13.7 Å². The quantitative estimate of drug-likeness (QED) is 0.663. The maximum atomic E-state index is 11.8. The normalized spacial score (nSPS) is 15.9. The molecule has 4 rings (SSSR count). The van der Waals surface area contributed by atoms with Crippen LogP contribution >= 0.6 is 11.3 Å². The van der Waals surface area contributed by atoms with Gasteiger partial charge in [-0.1, -0.05) is 5.16 Å². The van der Waals surface area contributed by atoms with Gasteiger partial charge in [-0.05, 0) is 23.6 Å². The Labute approximate surface area is 160 Å². The van der Waals surface area contributed by atoms with Crippen molar-refractivity contribution in [3.8, 4) is 11.4 Å². The van der Waals surface area contributed by atoms with Crippen molar-refractivity contribution >= 4 is 17.2 Å². The predicted molar refractivity (Wildman–Crippen MR) is 100 cm³/mol. The number of piperazine rings is 1. The molecule has 0 radical (unpaired) electrons. The van der Waals surface area contributed by atoms with Crippen LogP contribution in [0.4, 0.5) is 0 Å². The van der Waals surface area contributed by atoms with Crippen molar-refractivity contribution in [2.75, 3.05) is 39.3 Å². The second-order valence-electron chi connectivity index (χ2n) is 6.37. The molecule has 0 spiro atoms. The Morgan fingerprint density at radius 1 is 1.22 bits per heavy atom. The van der Waals surface area contributed by atoms with Crippen LogP contribution in [0.2, 0.25) is 0 Å². The van der Waals surface area contributed by atoms with Crippen LogP contribution < -0.4 is 5.32 Å². The molecule has 4 heterocycles. The highest BCUT2D eigenvalue weighted by molar-refractivity contribution is 7.08. The van der Waals surface area contributed by atoms with E-state index in [1.807, 2.05) is 16.8 Å². The summed E-state index contributed by atoms with van der Waals surface area (Å²) in [4.78, 5) is 21.0. The zero-order chi connectivity index (χ0) is 18.5. The molecule has 1 aliphatic rings. The van der Waals surface area contributed by atoms with Gasteiger partial charge in [0.1, 0.15) is 0 Å². The molecular formula is C18H21N5O3S. The lowest BCUT2D eigenvalue weighted by Gasteiger charge is -2.33. The number of aromatic nitrogens is 2. The second kappa shape index (κ2) is 8.47. The van der Waals surface area contributed by atoms with Crippen molar-refractivity contribution in [3.05, 3.63) is 46.9 Å². The number of carbonyl (C=O) groups excluding carboxylic acids is 1. The van der Waals surface area contributed by atoms with Gasteiger partial charge in [-0.3, -0.25) is 14.6 Å². The van der Waals surface area contributed by atoms with E-state index in [-0.39, 0.29) is 5.91 Å². The van der Waals surface area contributed by atoms with E-state index in [1.54, 1.807) is 23.5 Å². The fourth-order valence-electron chi connectivity index (χ4n) is 3.01. The Hall–Kier alpha value is -2.49. The standard InChI is InChI=1S/C18H21N5O3S/c24-18(15-2-1-10-25-15)19-4-5-22-6-8-23(9-7-22)12-16-20-17(21-26-16)14-3-11-27-13-14/h1-3,10-11,13H,4-9,12H2,(H,19,24). The van der Waals surface area contributed by atoms with Crippen molar-refractivity contribution in [1.82, 2.24) is 25.3 Å². The van der Waals surface area contributed by atoms with Gasteiger partial charge < -0.3 is 14.3 Å². The molecule has 3 aromatic rings. The summed E-state index contributed by atoms with van der Waals surface area (Å²) in [7, 11) is 0. The molecular weight excluding hydrogens is 366 g/mol. The fourth-order valence-corrected chi connectivity index (χ4v) is 3.65. The van der Waals surface area contributed by atoms with Gasteiger partial charge in [0.2, 0.25) is 11.7 Å². The van der Waals surface area contributed by atoms with E-state index < -0.39 is 0 Å². The average molecular weight is 387 g/mol. The minimum Gasteiger partial charge on any atom is -0.459 e. The number of rotatable bonds is 7. The summed E-state index contributed by atoms with van der Waals surface area (Å²) in [5.41, 5.74) is 0.997. The minimum absolute atomic E-state index is 0.170. The summed E-state index contributed by atoms with van der Waals surface area (Å²) < 4.78 is 10.5. The van der Waals surface area contributed by atoms with E-state index in [9.17, 15) is 4.79 Å². The molecule has 0 atom stereocenters. The molecule has 0 bridgehead atoms. The lowest BCUT2D eigenvalue weighted by Crippen LogP contribution is -2.48. The first kappa shape index (κ1) is 17.9.